The lowest BCUT2D eigenvalue weighted by Gasteiger charge is -2.47. The van der Waals surface area contributed by atoms with E-state index in [1.807, 2.05) is 14.7 Å². The lowest BCUT2D eigenvalue weighted by atomic mass is 9.74. The SMILES string of the molecule is CN1CCCC2(CCCN(C(=O)c3csc4nc(-c5ccccc5F)cn34)C2)C1. The van der Waals surface area contributed by atoms with Crippen molar-refractivity contribution in [3.8, 4) is 11.3 Å². The molecule has 4 heterocycles. The Hall–Kier alpha value is -2.25. The number of imidazole rings is 1. The number of hydrogen-bond donors (Lipinski definition) is 0. The van der Waals surface area contributed by atoms with Gasteiger partial charge in [-0.1, -0.05) is 12.1 Å². The monoisotopic (exact) mass is 412 g/mol. The number of carbonyl (C=O) groups is 1. The van der Waals surface area contributed by atoms with Crippen molar-refractivity contribution in [2.45, 2.75) is 25.7 Å². The highest BCUT2D eigenvalue weighted by Gasteiger charge is 2.40. The zero-order valence-electron chi connectivity index (χ0n) is 16.6. The van der Waals surface area contributed by atoms with Crippen molar-refractivity contribution in [2.75, 3.05) is 33.2 Å². The molecule has 0 aliphatic carbocycles. The molecule has 3 aromatic rings. The van der Waals surface area contributed by atoms with Crippen molar-refractivity contribution in [1.82, 2.24) is 19.2 Å². The molecule has 2 saturated heterocycles. The van der Waals surface area contributed by atoms with Crippen molar-refractivity contribution in [3.05, 3.63) is 47.4 Å². The largest absolute Gasteiger partial charge is 0.337 e. The van der Waals surface area contributed by atoms with Gasteiger partial charge in [-0.25, -0.2) is 9.37 Å². The van der Waals surface area contributed by atoms with Crippen LogP contribution in [-0.4, -0.2) is 58.3 Å². The highest BCUT2D eigenvalue weighted by Crippen LogP contribution is 2.38. The second kappa shape index (κ2) is 7.22. The van der Waals surface area contributed by atoms with Crippen LogP contribution in [0.2, 0.25) is 0 Å². The summed E-state index contributed by atoms with van der Waals surface area (Å²) in [6.45, 7) is 3.84. The summed E-state index contributed by atoms with van der Waals surface area (Å²) in [7, 11) is 2.18. The van der Waals surface area contributed by atoms with Gasteiger partial charge in [0.15, 0.2) is 4.96 Å². The van der Waals surface area contributed by atoms with Gasteiger partial charge in [-0.3, -0.25) is 9.20 Å². The number of hydrogen-bond acceptors (Lipinski definition) is 4. The molecule has 2 aromatic heterocycles. The molecule has 5 rings (SSSR count). The number of aromatic nitrogens is 2. The summed E-state index contributed by atoms with van der Waals surface area (Å²) < 4.78 is 16.0. The van der Waals surface area contributed by atoms with Crippen LogP contribution in [-0.2, 0) is 0 Å². The summed E-state index contributed by atoms with van der Waals surface area (Å²) in [6, 6.07) is 6.62. The molecule has 2 fully saturated rings. The smallest absolute Gasteiger partial charge is 0.271 e. The van der Waals surface area contributed by atoms with E-state index in [1.54, 1.807) is 24.4 Å². The Labute approximate surface area is 173 Å². The highest BCUT2D eigenvalue weighted by atomic mass is 32.1. The highest BCUT2D eigenvalue weighted by molar-refractivity contribution is 7.15. The van der Waals surface area contributed by atoms with E-state index in [0.29, 0.717) is 17.0 Å². The van der Waals surface area contributed by atoms with Crippen LogP contribution in [0.4, 0.5) is 4.39 Å². The standard InChI is InChI=1S/C22H25FN4OS/c1-25-10-4-8-22(14-25)9-5-11-26(15-22)20(28)19-13-29-21-24-18(12-27(19)21)16-6-2-3-7-17(16)23/h2-3,6-7,12-13H,4-5,8-11,14-15H2,1H3. The third kappa shape index (κ3) is 3.36. The van der Waals surface area contributed by atoms with Crippen LogP contribution >= 0.6 is 11.3 Å². The summed E-state index contributed by atoms with van der Waals surface area (Å²) in [4.78, 5) is 23.1. The molecule has 152 valence electrons. The van der Waals surface area contributed by atoms with Crippen molar-refractivity contribution >= 4 is 22.2 Å². The summed E-state index contributed by atoms with van der Waals surface area (Å²) in [6.07, 6.45) is 6.43. The van der Waals surface area contributed by atoms with Crippen molar-refractivity contribution in [3.63, 3.8) is 0 Å². The van der Waals surface area contributed by atoms with Crippen LogP contribution < -0.4 is 0 Å². The number of thiazole rings is 1. The molecule has 0 radical (unpaired) electrons. The maximum atomic E-state index is 14.2. The van der Waals surface area contributed by atoms with Gasteiger partial charge in [0.25, 0.3) is 5.91 Å². The van der Waals surface area contributed by atoms with E-state index >= 15 is 0 Å². The predicted molar refractivity (Wildman–Crippen MR) is 113 cm³/mol. The third-order valence-electron chi connectivity index (χ3n) is 6.38. The van der Waals surface area contributed by atoms with Gasteiger partial charge in [0.2, 0.25) is 0 Å². The molecule has 2 aliphatic heterocycles. The first-order valence-corrected chi connectivity index (χ1v) is 11.1. The number of benzene rings is 1. The predicted octanol–water partition coefficient (Wildman–Crippen LogP) is 4.15. The Morgan fingerprint density at radius 3 is 2.76 bits per heavy atom. The number of halogens is 1. The van der Waals surface area contributed by atoms with Crippen molar-refractivity contribution < 1.29 is 9.18 Å². The lowest BCUT2D eigenvalue weighted by molar-refractivity contribution is 0.0203. The Bertz CT molecular complexity index is 1060. The fourth-order valence-electron chi connectivity index (χ4n) is 5.07. The fraction of sp³-hybridized carbons (Fsp3) is 0.455. The summed E-state index contributed by atoms with van der Waals surface area (Å²) in [5.74, 6) is -0.244. The Morgan fingerprint density at radius 1 is 1.17 bits per heavy atom. The average molecular weight is 413 g/mol. The van der Waals surface area contributed by atoms with E-state index in [-0.39, 0.29) is 17.1 Å². The second-order valence-corrected chi connectivity index (χ2v) is 9.39. The quantitative estimate of drug-likeness (QED) is 0.635. The summed E-state index contributed by atoms with van der Waals surface area (Å²) in [5.41, 5.74) is 1.88. The number of likely N-dealkylation sites (tertiary alicyclic amines) is 2. The zero-order chi connectivity index (χ0) is 20.0. The van der Waals surface area contributed by atoms with E-state index in [0.717, 1.165) is 37.6 Å². The normalized spacial score (nSPS) is 23.2. The summed E-state index contributed by atoms with van der Waals surface area (Å²) >= 11 is 1.43. The molecule has 0 saturated carbocycles. The molecule has 1 amide bonds. The zero-order valence-corrected chi connectivity index (χ0v) is 17.4. The van der Waals surface area contributed by atoms with E-state index < -0.39 is 0 Å². The van der Waals surface area contributed by atoms with Gasteiger partial charge < -0.3 is 9.80 Å². The second-order valence-electron chi connectivity index (χ2n) is 8.55. The van der Waals surface area contributed by atoms with Gasteiger partial charge >= 0.3 is 0 Å². The first-order chi connectivity index (χ1) is 14.0. The number of nitrogens with zero attached hydrogens (tertiary/aromatic N) is 4. The molecule has 1 unspecified atom stereocenters. The van der Waals surface area contributed by atoms with E-state index in [4.69, 9.17) is 0 Å². The Morgan fingerprint density at radius 2 is 1.97 bits per heavy atom. The molecule has 1 atom stereocenters. The van der Waals surface area contributed by atoms with Crippen molar-refractivity contribution in [2.24, 2.45) is 5.41 Å². The number of carbonyl (C=O) groups excluding carboxylic acids is 1. The Balaban J connectivity index is 1.43. The number of fused-ring (bicyclic) bond motifs is 1. The van der Waals surface area contributed by atoms with Crippen LogP contribution in [0.1, 0.15) is 36.2 Å². The minimum atomic E-state index is -0.300. The van der Waals surface area contributed by atoms with Crippen molar-refractivity contribution in [1.29, 1.82) is 0 Å². The first-order valence-electron chi connectivity index (χ1n) is 10.2. The average Bonchev–Trinajstić information content (AvgIpc) is 3.28. The van der Waals surface area contributed by atoms with E-state index in [9.17, 15) is 9.18 Å². The van der Waals surface area contributed by atoms with Gasteiger partial charge in [-0.15, -0.1) is 11.3 Å². The molecule has 2 aliphatic rings. The van der Waals surface area contributed by atoms with Crippen LogP contribution in [0.3, 0.4) is 0 Å². The molecule has 1 spiro atoms. The third-order valence-corrected chi connectivity index (χ3v) is 7.22. The molecule has 29 heavy (non-hydrogen) atoms. The topological polar surface area (TPSA) is 40.8 Å². The van der Waals surface area contributed by atoms with E-state index in [2.05, 4.69) is 16.9 Å². The number of rotatable bonds is 2. The molecule has 5 nitrogen and oxygen atoms in total. The molecule has 7 heteroatoms. The molecule has 1 aromatic carbocycles. The molecule has 0 N–H and O–H groups in total. The van der Waals surface area contributed by atoms with E-state index in [1.165, 1.54) is 36.7 Å². The van der Waals surface area contributed by atoms with Gasteiger partial charge in [0.1, 0.15) is 11.5 Å². The van der Waals surface area contributed by atoms with Crippen LogP contribution in [0.25, 0.3) is 16.2 Å². The lowest BCUT2D eigenvalue weighted by Crippen LogP contribution is -2.53. The summed E-state index contributed by atoms with van der Waals surface area (Å²) in [5, 5.41) is 1.88. The Kier molecular flexibility index (Phi) is 4.67. The van der Waals surface area contributed by atoms with Gasteiger partial charge in [-0.05, 0) is 51.4 Å². The van der Waals surface area contributed by atoms with Gasteiger partial charge in [0.05, 0.1) is 5.69 Å². The molecule has 0 bridgehead atoms. The maximum Gasteiger partial charge on any atom is 0.271 e. The number of amides is 1. The minimum absolute atomic E-state index is 0.0565. The molecular formula is C22H25FN4OS. The van der Waals surface area contributed by atoms with Gasteiger partial charge in [-0.2, -0.15) is 0 Å². The van der Waals surface area contributed by atoms with Gasteiger partial charge in [0, 0.05) is 42.2 Å². The van der Waals surface area contributed by atoms with Crippen LogP contribution in [0.15, 0.2) is 35.8 Å². The van der Waals surface area contributed by atoms with Crippen LogP contribution in [0, 0.1) is 11.2 Å². The maximum absolute atomic E-state index is 14.2. The van der Waals surface area contributed by atoms with Crippen LogP contribution in [0.5, 0.6) is 0 Å². The molecular weight excluding hydrogens is 387 g/mol. The number of piperidine rings is 2. The minimum Gasteiger partial charge on any atom is -0.337 e. The first kappa shape index (κ1) is 18.8. The fourth-order valence-corrected chi connectivity index (χ4v) is 5.91.